The van der Waals surface area contributed by atoms with E-state index in [2.05, 4.69) is 46.6 Å². The van der Waals surface area contributed by atoms with Crippen LogP contribution in [0.1, 0.15) is 24.8 Å². The molecule has 0 aromatic carbocycles. The average molecular weight is 233 g/mol. The third-order valence-electron chi connectivity index (χ3n) is 2.38. The van der Waals surface area contributed by atoms with Crippen molar-refractivity contribution < 1.29 is 0 Å². The Bertz CT molecular complexity index is 411. The zero-order valence-corrected chi connectivity index (χ0v) is 10.2. The quantitative estimate of drug-likeness (QED) is 0.880. The van der Waals surface area contributed by atoms with Crippen LogP contribution in [0.4, 0.5) is 5.82 Å². The Kier molecular flexibility index (Phi) is 3.51. The summed E-state index contributed by atoms with van der Waals surface area (Å²) < 4.78 is 0. The molecule has 1 atom stereocenters. The molecule has 0 saturated carbocycles. The molecule has 0 fully saturated rings. The van der Waals surface area contributed by atoms with E-state index in [0.717, 1.165) is 5.82 Å². The van der Waals surface area contributed by atoms with E-state index < -0.39 is 0 Å². The number of aromatic nitrogens is 2. The van der Waals surface area contributed by atoms with Crippen molar-refractivity contribution in [1.82, 2.24) is 9.97 Å². The third-order valence-corrected chi connectivity index (χ3v) is 3.34. The van der Waals surface area contributed by atoms with Gasteiger partial charge in [-0.3, -0.25) is 4.98 Å². The molecule has 2 aromatic heterocycles. The number of anilines is 1. The Morgan fingerprint density at radius 2 is 2.19 bits per heavy atom. The molecule has 2 heterocycles. The summed E-state index contributed by atoms with van der Waals surface area (Å²) in [6.07, 6.45) is 5.14. The molecule has 0 amide bonds. The molecule has 2 rings (SSSR count). The highest BCUT2D eigenvalue weighted by Crippen LogP contribution is 2.28. The maximum atomic E-state index is 4.24. The van der Waals surface area contributed by atoms with Crippen molar-refractivity contribution in [2.75, 3.05) is 5.32 Å². The van der Waals surface area contributed by atoms with Crippen molar-refractivity contribution in [1.29, 1.82) is 0 Å². The summed E-state index contributed by atoms with van der Waals surface area (Å²) in [6.45, 7) is 4.40. The van der Waals surface area contributed by atoms with Gasteiger partial charge in [0.15, 0.2) is 0 Å². The number of hydrogen-bond acceptors (Lipinski definition) is 4. The standard InChI is InChI=1S/C12H15N3S/c1-9(2)12(10-4-3-7-16-10)15-11-8-13-5-6-14-11/h3-9,12H,1-2H3,(H,14,15). The van der Waals surface area contributed by atoms with Gasteiger partial charge in [0.2, 0.25) is 0 Å². The predicted molar refractivity (Wildman–Crippen MR) is 67.6 cm³/mol. The van der Waals surface area contributed by atoms with Crippen LogP contribution in [0.3, 0.4) is 0 Å². The van der Waals surface area contributed by atoms with Gasteiger partial charge in [-0.2, -0.15) is 0 Å². The molecule has 16 heavy (non-hydrogen) atoms. The molecule has 84 valence electrons. The van der Waals surface area contributed by atoms with Crippen molar-refractivity contribution in [3.63, 3.8) is 0 Å². The first-order valence-electron chi connectivity index (χ1n) is 5.33. The van der Waals surface area contributed by atoms with Crippen molar-refractivity contribution in [3.8, 4) is 0 Å². The van der Waals surface area contributed by atoms with Gasteiger partial charge in [-0.1, -0.05) is 19.9 Å². The molecule has 0 aliphatic rings. The molecule has 0 aliphatic carbocycles. The minimum atomic E-state index is 0.302. The highest BCUT2D eigenvalue weighted by Gasteiger charge is 2.16. The van der Waals surface area contributed by atoms with Crippen LogP contribution in [0.25, 0.3) is 0 Å². The van der Waals surface area contributed by atoms with Gasteiger partial charge in [0, 0.05) is 17.3 Å². The number of thiophene rings is 1. The lowest BCUT2D eigenvalue weighted by Crippen LogP contribution is -2.16. The van der Waals surface area contributed by atoms with Gasteiger partial charge in [-0.15, -0.1) is 11.3 Å². The molecule has 0 spiro atoms. The third kappa shape index (κ3) is 2.58. The number of hydrogen-bond donors (Lipinski definition) is 1. The van der Waals surface area contributed by atoms with Crippen LogP contribution in [-0.2, 0) is 0 Å². The predicted octanol–water partition coefficient (Wildman–Crippen LogP) is 3.35. The topological polar surface area (TPSA) is 37.8 Å². The summed E-state index contributed by atoms with van der Waals surface area (Å²) >= 11 is 1.77. The van der Waals surface area contributed by atoms with Crippen LogP contribution in [0.2, 0.25) is 0 Å². The number of nitrogens with zero attached hydrogens (tertiary/aromatic N) is 2. The van der Waals surface area contributed by atoms with Crippen molar-refractivity contribution in [3.05, 3.63) is 41.0 Å². The van der Waals surface area contributed by atoms with Gasteiger partial charge < -0.3 is 5.32 Å². The molecular formula is C12H15N3S. The van der Waals surface area contributed by atoms with Gasteiger partial charge in [-0.25, -0.2) is 4.98 Å². The van der Waals surface area contributed by atoms with E-state index in [1.54, 1.807) is 29.9 Å². The fourth-order valence-corrected chi connectivity index (χ4v) is 2.52. The normalized spacial score (nSPS) is 12.7. The first kappa shape index (κ1) is 11.1. The molecule has 0 aliphatic heterocycles. The lowest BCUT2D eigenvalue weighted by atomic mass is 10.0. The minimum absolute atomic E-state index is 0.302. The first-order chi connectivity index (χ1) is 7.77. The lowest BCUT2D eigenvalue weighted by Gasteiger charge is -2.21. The molecule has 0 radical (unpaired) electrons. The Labute approximate surface area is 99.6 Å². The summed E-state index contributed by atoms with van der Waals surface area (Å²) in [5.74, 6) is 1.34. The van der Waals surface area contributed by atoms with Crippen molar-refractivity contribution in [2.45, 2.75) is 19.9 Å². The molecule has 1 N–H and O–H groups in total. The Balaban J connectivity index is 2.16. The second kappa shape index (κ2) is 5.07. The van der Waals surface area contributed by atoms with E-state index in [1.807, 2.05) is 0 Å². The largest absolute Gasteiger partial charge is 0.361 e. The first-order valence-corrected chi connectivity index (χ1v) is 6.21. The summed E-state index contributed by atoms with van der Waals surface area (Å²) in [4.78, 5) is 9.63. The van der Waals surface area contributed by atoms with E-state index in [-0.39, 0.29) is 0 Å². The highest BCUT2D eigenvalue weighted by atomic mass is 32.1. The van der Waals surface area contributed by atoms with Gasteiger partial charge >= 0.3 is 0 Å². The fourth-order valence-electron chi connectivity index (χ4n) is 1.57. The Hall–Kier alpha value is -1.42. The Morgan fingerprint density at radius 1 is 1.31 bits per heavy atom. The monoisotopic (exact) mass is 233 g/mol. The second-order valence-corrected chi connectivity index (χ2v) is 4.95. The van der Waals surface area contributed by atoms with Gasteiger partial charge in [0.05, 0.1) is 12.2 Å². The van der Waals surface area contributed by atoms with E-state index in [9.17, 15) is 0 Å². The number of rotatable bonds is 4. The molecule has 2 aromatic rings. The summed E-state index contributed by atoms with van der Waals surface area (Å²) in [5.41, 5.74) is 0. The maximum absolute atomic E-state index is 4.24. The van der Waals surface area contributed by atoms with Gasteiger partial charge in [-0.05, 0) is 17.4 Å². The van der Waals surface area contributed by atoms with E-state index in [1.165, 1.54) is 4.88 Å². The summed E-state index contributed by atoms with van der Waals surface area (Å²) in [5, 5.41) is 5.52. The van der Waals surface area contributed by atoms with Crippen LogP contribution in [0, 0.1) is 5.92 Å². The van der Waals surface area contributed by atoms with E-state index >= 15 is 0 Å². The molecule has 3 nitrogen and oxygen atoms in total. The lowest BCUT2D eigenvalue weighted by molar-refractivity contribution is 0.552. The average Bonchev–Trinajstić information content (AvgIpc) is 2.80. The van der Waals surface area contributed by atoms with Crippen molar-refractivity contribution in [2.24, 2.45) is 5.92 Å². The van der Waals surface area contributed by atoms with Crippen molar-refractivity contribution >= 4 is 17.2 Å². The van der Waals surface area contributed by atoms with Crippen LogP contribution >= 0.6 is 11.3 Å². The fraction of sp³-hybridized carbons (Fsp3) is 0.333. The van der Waals surface area contributed by atoms with Gasteiger partial charge in [0.25, 0.3) is 0 Å². The molecule has 0 saturated heterocycles. The SMILES string of the molecule is CC(C)C(Nc1cnccn1)c1cccs1. The second-order valence-electron chi connectivity index (χ2n) is 3.97. The van der Waals surface area contributed by atoms with Crippen LogP contribution in [0.5, 0.6) is 0 Å². The maximum Gasteiger partial charge on any atom is 0.144 e. The molecular weight excluding hydrogens is 218 g/mol. The van der Waals surface area contributed by atoms with E-state index in [0.29, 0.717) is 12.0 Å². The van der Waals surface area contributed by atoms with Crippen LogP contribution < -0.4 is 5.32 Å². The smallest absolute Gasteiger partial charge is 0.144 e. The van der Waals surface area contributed by atoms with Crippen LogP contribution in [-0.4, -0.2) is 9.97 Å². The zero-order chi connectivity index (χ0) is 11.4. The minimum Gasteiger partial charge on any atom is -0.361 e. The zero-order valence-electron chi connectivity index (χ0n) is 9.42. The molecule has 0 bridgehead atoms. The summed E-state index contributed by atoms with van der Waals surface area (Å²) in [6, 6.07) is 4.53. The van der Waals surface area contributed by atoms with Gasteiger partial charge in [0.1, 0.15) is 5.82 Å². The Morgan fingerprint density at radius 3 is 2.75 bits per heavy atom. The number of nitrogens with one attached hydrogen (secondary N) is 1. The van der Waals surface area contributed by atoms with E-state index in [4.69, 9.17) is 0 Å². The van der Waals surface area contributed by atoms with Crippen LogP contribution in [0.15, 0.2) is 36.1 Å². The molecule has 1 unspecified atom stereocenters. The molecule has 4 heteroatoms. The summed E-state index contributed by atoms with van der Waals surface area (Å²) in [7, 11) is 0. The highest BCUT2D eigenvalue weighted by molar-refractivity contribution is 7.10.